The molecule has 26 heavy (non-hydrogen) atoms. The Morgan fingerprint density at radius 2 is 1.15 bits per heavy atom. The maximum atomic E-state index is 12.0. The summed E-state index contributed by atoms with van der Waals surface area (Å²) in [5, 5.41) is 9.28. The Bertz CT molecular complexity index is 823. The van der Waals surface area contributed by atoms with Gasteiger partial charge >= 0.3 is 12.1 Å². The zero-order valence-electron chi connectivity index (χ0n) is 13.9. The first-order valence-electron chi connectivity index (χ1n) is 7.62. The highest BCUT2D eigenvalue weighted by Gasteiger charge is 2.15. The highest BCUT2D eigenvalue weighted by molar-refractivity contribution is 6.43. The van der Waals surface area contributed by atoms with Crippen molar-refractivity contribution in [2.45, 2.75) is 6.92 Å². The largest absolute Gasteiger partial charge is 0.326 e. The Kier molecular flexibility index (Phi) is 6.75. The number of halogens is 1. The van der Waals surface area contributed by atoms with Gasteiger partial charge in [0.15, 0.2) is 0 Å². The molecule has 2 rings (SSSR count). The lowest BCUT2D eigenvalue weighted by Gasteiger charge is -2.10. The number of urea groups is 2. The summed E-state index contributed by atoms with van der Waals surface area (Å²) in [5.74, 6) is -0.836. The molecule has 0 fully saturated rings. The van der Waals surface area contributed by atoms with Crippen LogP contribution >= 0.6 is 11.6 Å². The van der Waals surface area contributed by atoms with Crippen molar-refractivity contribution in [1.29, 1.82) is 0 Å². The first kappa shape index (κ1) is 19.0. The van der Waals surface area contributed by atoms with Gasteiger partial charge in [-0.05, 0) is 31.2 Å². The van der Waals surface area contributed by atoms with Crippen molar-refractivity contribution < 1.29 is 14.4 Å². The number of rotatable bonds is 4. The number of hydrogen-bond donors (Lipinski definition) is 4. The molecule has 0 aliphatic carbocycles. The van der Waals surface area contributed by atoms with Gasteiger partial charge in [-0.3, -0.25) is 10.1 Å². The molecule has 0 aliphatic heterocycles. The minimum atomic E-state index is -0.836. The molecule has 4 N–H and O–H groups in total. The zero-order chi connectivity index (χ0) is 18.9. The van der Waals surface area contributed by atoms with Crippen molar-refractivity contribution in [3.8, 4) is 0 Å². The van der Waals surface area contributed by atoms with Gasteiger partial charge in [0, 0.05) is 17.1 Å². The minimum Gasteiger partial charge on any atom is -0.310 e. The molecule has 7 nitrogen and oxygen atoms in total. The maximum Gasteiger partial charge on any atom is 0.326 e. The molecule has 2 aromatic carbocycles. The predicted molar refractivity (Wildman–Crippen MR) is 101 cm³/mol. The first-order valence-corrected chi connectivity index (χ1v) is 8.00. The number of imide groups is 1. The van der Waals surface area contributed by atoms with E-state index in [0.29, 0.717) is 11.4 Å². The molecule has 0 unspecified atom stereocenters. The number of benzene rings is 2. The normalized spacial score (nSPS) is 11.0. The fraction of sp³-hybridized carbons (Fsp3) is 0.0556. The quantitative estimate of drug-likeness (QED) is 0.616. The van der Waals surface area contributed by atoms with Gasteiger partial charge in [-0.15, -0.1) is 0 Å². The van der Waals surface area contributed by atoms with Crippen molar-refractivity contribution in [1.82, 2.24) is 10.6 Å². The molecule has 5 amide bonds. The summed E-state index contributed by atoms with van der Waals surface area (Å²) in [6, 6.07) is 16.1. The van der Waals surface area contributed by atoms with Crippen molar-refractivity contribution >= 4 is 40.9 Å². The van der Waals surface area contributed by atoms with Gasteiger partial charge in [0.25, 0.3) is 5.91 Å². The molecule has 0 bridgehead atoms. The molecule has 0 aromatic heterocycles. The zero-order valence-corrected chi connectivity index (χ0v) is 14.6. The average Bonchev–Trinajstić information content (AvgIpc) is 2.62. The van der Waals surface area contributed by atoms with Crippen LogP contribution in [0, 0.1) is 0 Å². The van der Waals surface area contributed by atoms with Gasteiger partial charge in [0.05, 0.1) is 0 Å². The highest BCUT2D eigenvalue weighted by Crippen LogP contribution is 2.09. The van der Waals surface area contributed by atoms with E-state index in [1.807, 2.05) is 6.07 Å². The van der Waals surface area contributed by atoms with Crippen LogP contribution in [0.4, 0.5) is 21.0 Å². The van der Waals surface area contributed by atoms with Crippen LogP contribution in [0.25, 0.3) is 0 Å². The number of carbonyl (C=O) groups excluding carboxylic acids is 3. The second-order valence-electron chi connectivity index (χ2n) is 5.16. The summed E-state index contributed by atoms with van der Waals surface area (Å²) in [4.78, 5) is 35.7. The number of para-hydroxylation sites is 2. The fourth-order valence-electron chi connectivity index (χ4n) is 1.92. The third-order valence-electron chi connectivity index (χ3n) is 3.12. The van der Waals surface area contributed by atoms with Gasteiger partial charge in [-0.1, -0.05) is 48.0 Å². The fourth-order valence-corrected chi connectivity index (χ4v) is 2.02. The maximum absolute atomic E-state index is 12.0. The van der Waals surface area contributed by atoms with Crippen molar-refractivity contribution in [2.24, 2.45) is 0 Å². The molecular formula is C18H17ClN4O3. The molecule has 2 aromatic rings. The van der Waals surface area contributed by atoms with Gasteiger partial charge in [-0.25, -0.2) is 9.59 Å². The number of amides is 5. The predicted octanol–water partition coefficient (Wildman–Crippen LogP) is 3.63. The van der Waals surface area contributed by atoms with Crippen LogP contribution in [-0.2, 0) is 4.79 Å². The summed E-state index contributed by atoms with van der Waals surface area (Å²) in [5.41, 5.74) is 1.21. The standard InChI is InChI=1S/C18H17ClN4O3/c1-12(20-17(25)21-13-8-4-2-5-9-13)15(19)16(24)23-18(26)22-14-10-6-3-7-11-14/h2-11H,1H3,(H2,20,21,25)(H2,22,23,24,26)/b15-12+. The number of carbonyl (C=O) groups is 3. The van der Waals surface area contributed by atoms with Crippen LogP contribution in [0.15, 0.2) is 71.4 Å². The SMILES string of the molecule is C/C(NC(=O)Nc1ccccc1)=C(\Cl)C(=O)NC(=O)Nc1ccccc1. The molecule has 0 atom stereocenters. The Morgan fingerprint density at radius 1 is 0.731 bits per heavy atom. The van der Waals surface area contributed by atoms with E-state index in [-0.39, 0.29) is 10.7 Å². The topological polar surface area (TPSA) is 99.3 Å². The van der Waals surface area contributed by atoms with Crippen LogP contribution in [0.3, 0.4) is 0 Å². The molecule has 0 saturated heterocycles. The van der Waals surface area contributed by atoms with E-state index in [2.05, 4.69) is 21.3 Å². The van der Waals surface area contributed by atoms with Gasteiger partial charge in [0.2, 0.25) is 0 Å². The van der Waals surface area contributed by atoms with Crippen molar-refractivity contribution in [3.63, 3.8) is 0 Å². The summed E-state index contributed by atoms with van der Waals surface area (Å²) < 4.78 is 0. The molecule has 0 aliphatic rings. The summed E-state index contributed by atoms with van der Waals surface area (Å²) in [7, 11) is 0. The number of anilines is 2. The molecule has 0 saturated carbocycles. The first-order chi connectivity index (χ1) is 12.5. The van der Waals surface area contributed by atoms with Gasteiger partial charge in [0.1, 0.15) is 5.03 Å². The third-order valence-corrected chi connectivity index (χ3v) is 3.58. The Morgan fingerprint density at radius 3 is 1.62 bits per heavy atom. The minimum absolute atomic E-state index is 0.102. The lowest BCUT2D eigenvalue weighted by atomic mass is 10.3. The lowest BCUT2D eigenvalue weighted by Crippen LogP contribution is -2.36. The Labute approximate surface area is 155 Å². The summed E-state index contributed by atoms with van der Waals surface area (Å²) in [6.07, 6.45) is 0. The van der Waals surface area contributed by atoms with E-state index in [1.54, 1.807) is 54.6 Å². The van der Waals surface area contributed by atoms with E-state index in [9.17, 15) is 14.4 Å². The second kappa shape index (κ2) is 9.24. The van der Waals surface area contributed by atoms with Crippen LogP contribution in [0.2, 0.25) is 0 Å². The molecule has 0 radical (unpaired) electrons. The molecular weight excluding hydrogens is 356 g/mol. The molecule has 0 spiro atoms. The van der Waals surface area contributed by atoms with E-state index in [1.165, 1.54) is 6.92 Å². The van der Waals surface area contributed by atoms with Crippen molar-refractivity contribution in [2.75, 3.05) is 10.6 Å². The molecule has 0 heterocycles. The van der Waals surface area contributed by atoms with E-state index >= 15 is 0 Å². The van der Waals surface area contributed by atoms with Crippen LogP contribution in [-0.4, -0.2) is 18.0 Å². The van der Waals surface area contributed by atoms with E-state index in [0.717, 1.165) is 0 Å². The van der Waals surface area contributed by atoms with E-state index < -0.39 is 18.0 Å². The van der Waals surface area contributed by atoms with Crippen LogP contribution in [0.1, 0.15) is 6.92 Å². The van der Waals surface area contributed by atoms with E-state index in [4.69, 9.17) is 11.6 Å². The summed E-state index contributed by atoms with van der Waals surface area (Å²) in [6.45, 7) is 1.45. The van der Waals surface area contributed by atoms with Crippen LogP contribution in [0.5, 0.6) is 0 Å². The van der Waals surface area contributed by atoms with Gasteiger partial charge < -0.3 is 16.0 Å². The number of hydrogen-bond acceptors (Lipinski definition) is 3. The smallest absolute Gasteiger partial charge is 0.310 e. The van der Waals surface area contributed by atoms with Crippen molar-refractivity contribution in [3.05, 3.63) is 71.4 Å². The average molecular weight is 373 g/mol. The Balaban J connectivity index is 1.90. The Hall–Kier alpha value is -3.32. The monoisotopic (exact) mass is 372 g/mol. The molecule has 8 heteroatoms. The molecule has 134 valence electrons. The number of nitrogens with one attached hydrogen (secondary N) is 4. The third kappa shape index (κ3) is 5.95. The highest BCUT2D eigenvalue weighted by atomic mass is 35.5. The lowest BCUT2D eigenvalue weighted by molar-refractivity contribution is -0.115. The second-order valence-corrected chi connectivity index (χ2v) is 5.54. The summed E-state index contributed by atoms with van der Waals surface area (Å²) >= 11 is 5.92. The van der Waals surface area contributed by atoms with Crippen LogP contribution < -0.4 is 21.3 Å². The number of allylic oxidation sites excluding steroid dienone is 1. The van der Waals surface area contributed by atoms with Gasteiger partial charge in [-0.2, -0.15) is 0 Å².